The van der Waals surface area contributed by atoms with Crippen molar-refractivity contribution in [2.45, 2.75) is 395 Å². The number of hydrogen-bond donors (Lipinski definition) is 3. The predicted molar refractivity (Wildman–Crippen MR) is 381 cm³/mol. The molecule has 17 nitrogen and oxygen atoms in total. The largest absolute Gasteiger partial charge is 0.472 e. The lowest BCUT2D eigenvalue weighted by atomic mass is 10.0. The smallest absolute Gasteiger partial charge is 0.462 e. The number of phosphoric acid groups is 2. The zero-order chi connectivity index (χ0) is 69.6. The molecule has 3 unspecified atom stereocenters. The number of rotatable bonds is 72. The van der Waals surface area contributed by atoms with E-state index in [0.29, 0.717) is 37.5 Å². The van der Waals surface area contributed by atoms with E-state index >= 15 is 0 Å². The summed E-state index contributed by atoms with van der Waals surface area (Å²) in [5, 5.41) is 10.6. The second-order valence-electron chi connectivity index (χ2n) is 28.9. The number of aliphatic hydroxyl groups is 1. The van der Waals surface area contributed by atoms with Gasteiger partial charge in [0.2, 0.25) is 0 Å². The zero-order valence-corrected chi connectivity index (χ0v) is 63.4. The summed E-state index contributed by atoms with van der Waals surface area (Å²) in [5.74, 6) is 0.849. The van der Waals surface area contributed by atoms with Crippen molar-refractivity contribution in [1.82, 2.24) is 0 Å². The lowest BCUT2D eigenvalue weighted by Gasteiger charge is -2.21. The third-order valence-corrected chi connectivity index (χ3v) is 19.2. The molecular formula is C75H146O17P2. The molecule has 0 radical (unpaired) electrons. The van der Waals surface area contributed by atoms with E-state index in [1.807, 2.05) is 0 Å². The molecule has 0 heterocycles. The van der Waals surface area contributed by atoms with Gasteiger partial charge in [-0.1, -0.05) is 325 Å². The molecule has 0 spiro atoms. The van der Waals surface area contributed by atoms with Crippen LogP contribution in [0.5, 0.6) is 0 Å². The van der Waals surface area contributed by atoms with Gasteiger partial charge in [0.05, 0.1) is 26.4 Å². The first-order chi connectivity index (χ1) is 45.1. The average molecular weight is 1380 g/mol. The third kappa shape index (κ3) is 68.6. The van der Waals surface area contributed by atoms with Crippen LogP contribution in [-0.2, 0) is 65.4 Å². The van der Waals surface area contributed by atoms with E-state index < -0.39 is 97.5 Å². The van der Waals surface area contributed by atoms with Crippen LogP contribution in [0.2, 0.25) is 0 Å². The number of esters is 4. The fraction of sp³-hybridized carbons (Fsp3) is 0.947. The van der Waals surface area contributed by atoms with Crippen LogP contribution < -0.4 is 0 Å². The van der Waals surface area contributed by atoms with Gasteiger partial charge in [-0.2, -0.15) is 0 Å². The lowest BCUT2D eigenvalue weighted by Crippen LogP contribution is -2.30. The summed E-state index contributed by atoms with van der Waals surface area (Å²) >= 11 is 0. The van der Waals surface area contributed by atoms with Gasteiger partial charge >= 0.3 is 39.5 Å². The van der Waals surface area contributed by atoms with Crippen molar-refractivity contribution in [3.05, 3.63) is 0 Å². The maximum atomic E-state index is 13.1. The van der Waals surface area contributed by atoms with E-state index in [-0.39, 0.29) is 25.7 Å². The Morgan fingerprint density at radius 2 is 0.447 bits per heavy atom. The molecule has 19 heteroatoms. The number of aliphatic hydroxyl groups excluding tert-OH is 1. The molecule has 0 amide bonds. The summed E-state index contributed by atoms with van der Waals surface area (Å²) in [7, 11) is -9.91. The van der Waals surface area contributed by atoms with Crippen LogP contribution in [0.25, 0.3) is 0 Å². The SMILES string of the molecule is CC(C)CCCCCCCCCCCCCCCCCCCCC(=O)OC[C@H](COP(=O)(O)OCC(O)COP(=O)(O)OC[C@@H](COC(=O)CCCCCCCCCC(C)C)OC(=O)CCCCCCCCCC(C)C)OC(=O)CCCCCCCCCCCCC(C)C. The Hall–Kier alpha value is -1.94. The Balaban J connectivity index is 5.17. The number of phosphoric ester groups is 2. The van der Waals surface area contributed by atoms with Crippen LogP contribution in [-0.4, -0.2) is 96.7 Å². The predicted octanol–water partition coefficient (Wildman–Crippen LogP) is 21.7. The minimum atomic E-state index is -4.96. The van der Waals surface area contributed by atoms with Gasteiger partial charge in [0.25, 0.3) is 0 Å². The van der Waals surface area contributed by atoms with E-state index in [1.54, 1.807) is 0 Å². The number of unbranched alkanes of at least 4 members (excludes halogenated alkanes) is 38. The molecule has 0 aliphatic carbocycles. The van der Waals surface area contributed by atoms with Crippen LogP contribution >= 0.6 is 15.6 Å². The molecule has 3 N–H and O–H groups in total. The Morgan fingerprint density at radius 3 is 0.660 bits per heavy atom. The van der Waals surface area contributed by atoms with Crippen LogP contribution in [0, 0.1) is 23.7 Å². The fourth-order valence-corrected chi connectivity index (χ4v) is 13.0. The van der Waals surface area contributed by atoms with Crippen molar-refractivity contribution in [1.29, 1.82) is 0 Å². The van der Waals surface area contributed by atoms with Gasteiger partial charge in [-0.15, -0.1) is 0 Å². The fourth-order valence-electron chi connectivity index (χ4n) is 11.4. The minimum absolute atomic E-state index is 0.102. The van der Waals surface area contributed by atoms with Gasteiger partial charge in [0, 0.05) is 25.7 Å². The second kappa shape index (κ2) is 64.4. The van der Waals surface area contributed by atoms with E-state index in [0.717, 1.165) is 108 Å². The molecule has 0 bridgehead atoms. The van der Waals surface area contributed by atoms with Crippen molar-refractivity contribution >= 4 is 39.5 Å². The molecule has 0 aromatic rings. The molecule has 0 fully saturated rings. The van der Waals surface area contributed by atoms with E-state index in [9.17, 15) is 43.2 Å². The topological polar surface area (TPSA) is 237 Å². The Labute approximate surface area is 575 Å². The zero-order valence-electron chi connectivity index (χ0n) is 61.6. The molecule has 0 rings (SSSR count). The number of ether oxygens (including phenoxy) is 4. The van der Waals surface area contributed by atoms with Crippen LogP contribution in [0.1, 0.15) is 376 Å². The highest BCUT2D eigenvalue weighted by Gasteiger charge is 2.30. The maximum Gasteiger partial charge on any atom is 0.472 e. The van der Waals surface area contributed by atoms with Crippen molar-refractivity contribution in [3.63, 3.8) is 0 Å². The molecule has 0 aliphatic heterocycles. The molecule has 94 heavy (non-hydrogen) atoms. The Kier molecular flexibility index (Phi) is 63.1. The summed E-state index contributed by atoms with van der Waals surface area (Å²) in [4.78, 5) is 72.7. The monoisotopic (exact) mass is 1380 g/mol. The molecule has 5 atom stereocenters. The van der Waals surface area contributed by atoms with Crippen molar-refractivity contribution in [2.75, 3.05) is 39.6 Å². The summed E-state index contributed by atoms with van der Waals surface area (Å²) in [6.07, 6.45) is 48.9. The summed E-state index contributed by atoms with van der Waals surface area (Å²) < 4.78 is 68.4. The first-order valence-electron chi connectivity index (χ1n) is 38.7. The van der Waals surface area contributed by atoms with E-state index in [1.165, 1.54) is 173 Å². The second-order valence-corrected chi connectivity index (χ2v) is 31.9. The highest BCUT2D eigenvalue weighted by molar-refractivity contribution is 7.47. The lowest BCUT2D eigenvalue weighted by molar-refractivity contribution is -0.161. The third-order valence-electron chi connectivity index (χ3n) is 17.3. The van der Waals surface area contributed by atoms with Gasteiger partial charge in [0.1, 0.15) is 19.3 Å². The molecule has 0 saturated heterocycles. The molecule has 0 aliphatic rings. The summed E-state index contributed by atoms with van der Waals surface area (Å²) in [6, 6.07) is 0. The molecular weight excluding hydrogens is 1230 g/mol. The van der Waals surface area contributed by atoms with Crippen molar-refractivity contribution in [2.24, 2.45) is 23.7 Å². The highest BCUT2D eigenvalue weighted by atomic mass is 31.2. The minimum Gasteiger partial charge on any atom is -0.462 e. The van der Waals surface area contributed by atoms with Gasteiger partial charge < -0.3 is 33.8 Å². The van der Waals surface area contributed by atoms with Crippen LogP contribution in [0.15, 0.2) is 0 Å². The maximum absolute atomic E-state index is 13.1. The average Bonchev–Trinajstić information content (AvgIpc) is 1.78. The summed E-state index contributed by atoms with van der Waals surface area (Å²) in [5.41, 5.74) is 0. The van der Waals surface area contributed by atoms with E-state index in [4.69, 9.17) is 37.0 Å². The van der Waals surface area contributed by atoms with Crippen molar-refractivity contribution < 1.29 is 80.2 Å². The van der Waals surface area contributed by atoms with Crippen molar-refractivity contribution in [3.8, 4) is 0 Å². The first-order valence-corrected chi connectivity index (χ1v) is 41.7. The van der Waals surface area contributed by atoms with Gasteiger partial charge in [0.15, 0.2) is 12.2 Å². The first kappa shape index (κ1) is 92.1. The van der Waals surface area contributed by atoms with Gasteiger partial charge in [-0.05, 0) is 49.4 Å². The molecule has 0 saturated carbocycles. The summed E-state index contributed by atoms with van der Waals surface area (Å²) in [6.45, 7) is 14.1. The molecule has 0 aromatic heterocycles. The van der Waals surface area contributed by atoms with Crippen LogP contribution in [0.3, 0.4) is 0 Å². The van der Waals surface area contributed by atoms with Gasteiger partial charge in [-0.3, -0.25) is 37.3 Å². The normalized spacial score (nSPS) is 14.2. The Bertz CT molecular complexity index is 1850. The number of hydrogen-bond acceptors (Lipinski definition) is 15. The molecule has 0 aromatic carbocycles. The van der Waals surface area contributed by atoms with E-state index in [2.05, 4.69) is 55.4 Å². The number of carbonyl (C=O) groups is 4. The quantitative estimate of drug-likeness (QED) is 0.0222. The number of carbonyl (C=O) groups excluding carboxylic acids is 4. The standard InChI is InChI=1S/C75H146O17P2/c1-65(2)51-43-35-27-21-17-15-13-11-9-10-12-14-16-18-23-31-39-47-55-72(77)85-61-70(91-74(79)57-49-41-32-24-20-19-22-28-36-44-52-66(3)4)63-89-93(81,82)87-59-69(76)60-88-94(83,84)90-64-71(92-75(80)58-50-42-34-26-30-38-46-54-68(7)8)62-86-73(78)56-48-40-33-25-29-37-45-53-67(5)6/h65-71,76H,9-64H2,1-8H3,(H,81,82)(H,83,84)/t69?,70-,71-/m1/s1. The van der Waals surface area contributed by atoms with Gasteiger partial charge in [-0.25, -0.2) is 9.13 Å². The van der Waals surface area contributed by atoms with Crippen LogP contribution in [0.4, 0.5) is 0 Å². The highest BCUT2D eigenvalue weighted by Crippen LogP contribution is 2.45. The Morgan fingerprint density at radius 1 is 0.266 bits per heavy atom. The molecule has 558 valence electrons.